The summed E-state index contributed by atoms with van der Waals surface area (Å²) in [5, 5.41) is 0. The van der Waals surface area contributed by atoms with Gasteiger partial charge in [-0.05, 0) is 30.3 Å². The zero-order chi connectivity index (χ0) is 17.1. The molecule has 24 heavy (non-hydrogen) atoms. The normalized spacial score (nSPS) is 14.6. The Morgan fingerprint density at radius 2 is 1.67 bits per heavy atom. The number of carbonyl (C=O) groups excluding carboxylic acids is 1. The van der Waals surface area contributed by atoms with Crippen molar-refractivity contribution in [3.05, 3.63) is 53.8 Å². The summed E-state index contributed by atoms with van der Waals surface area (Å²) in [5.74, 6) is -0.623. The highest BCUT2D eigenvalue weighted by Gasteiger charge is 2.23. The summed E-state index contributed by atoms with van der Waals surface area (Å²) in [4.78, 5) is 16.1. The van der Waals surface area contributed by atoms with Crippen molar-refractivity contribution in [1.29, 1.82) is 0 Å². The third-order valence-electron chi connectivity index (χ3n) is 4.24. The number of hydrogen-bond acceptors (Lipinski definition) is 5. The average Bonchev–Trinajstić information content (AvgIpc) is 2.61. The molecule has 1 aliphatic rings. The fourth-order valence-electron chi connectivity index (χ4n) is 3.00. The summed E-state index contributed by atoms with van der Waals surface area (Å²) >= 11 is 0. The summed E-state index contributed by atoms with van der Waals surface area (Å²) in [5.41, 5.74) is 8.17. The smallest absolute Gasteiger partial charge is 0.340 e. The lowest BCUT2D eigenvalue weighted by Crippen LogP contribution is -2.47. The number of methoxy groups -OCH3 is 1. The van der Waals surface area contributed by atoms with Crippen LogP contribution in [0.4, 0.5) is 21.5 Å². The second-order valence-corrected chi connectivity index (χ2v) is 5.69. The molecular weight excluding hydrogens is 309 g/mol. The van der Waals surface area contributed by atoms with Crippen molar-refractivity contribution < 1.29 is 13.9 Å². The van der Waals surface area contributed by atoms with E-state index in [-0.39, 0.29) is 5.82 Å². The molecule has 6 heteroatoms. The van der Waals surface area contributed by atoms with Gasteiger partial charge in [0.2, 0.25) is 0 Å². The minimum Gasteiger partial charge on any atom is -0.465 e. The topological polar surface area (TPSA) is 58.8 Å². The number of halogens is 1. The molecule has 0 amide bonds. The molecular formula is C18H20FN3O2. The molecule has 0 atom stereocenters. The predicted octanol–water partition coefficient (Wildman–Crippen LogP) is 2.52. The van der Waals surface area contributed by atoms with Gasteiger partial charge in [-0.15, -0.1) is 0 Å². The fourth-order valence-corrected chi connectivity index (χ4v) is 3.00. The molecule has 2 N–H and O–H groups in total. The highest BCUT2D eigenvalue weighted by atomic mass is 19.1. The van der Waals surface area contributed by atoms with E-state index in [0.717, 1.165) is 5.69 Å². The van der Waals surface area contributed by atoms with E-state index in [9.17, 15) is 9.18 Å². The Labute approximate surface area is 140 Å². The lowest BCUT2D eigenvalue weighted by Gasteiger charge is -2.38. The number of carbonyl (C=O) groups is 1. The van der Waals surface area contributed by atoms with Crippen LogP contribution in [0.5, 0.6) is 0 Å². The third-order valence-corrected chi connectivity index (χ3v) is 4.24. The van der Waals surface area contributed by atoms with E-state index in [4.69, 9.17) is 10.5 Å². The van der Waals surface area contributed by atoms with Gasteiger partial charge in [0.25, 0.3) is 0 Å². The van der Waals surface area contributed by atoms with Crippen molar-refractivity contribution in [2.75, 3.05) is 48.8 Å². The molecule has 1 fully saturated rings. The van der Waals surface area contributed by atoms with Crippen LogP contribution in [0.15, 0.2) is 42.5 Å². The number of para-hydroxylation sites is 1. The highest BCUT2D eigenvalue weighted by Crippen LogP contribution is 2.27. The van der Waals surface area contributed by atoms with E-state index in [0.29, 0.717) is 43.1 Å². The van der Waals surface area contributed by atoms with E-state index in [2.05, 4.69) is 4.90 Å². The maximum absolute atomic E-state index is 13.9. The maximum atomic E-state index is 13.9. The Morgan fingerprint density at radius 1 is 1.04 bits per heavy atom. The van der Waals surface area contributed by atoms with Crippen molar-refractivity contribution in [3.8, 4) is 0 Å². The summed E-state index contributed by atoms with van der Waals surface area (Å²) in [6.45, 7) is 2.71. The molecule has 0 saturated carbocycles. The van der Waals surface area contributed by atoms with Crippen LogP contribution < -0.4 is 15.5 Å². The molecule has 126 valence electrons. The van der Waals surface area contributed by atoms with E-state index in [1.165, 1.54) is 13.2 Å². The van der Waals surface area contributed by atoms with Crippen LogP contribution in [0.2, 0.25) is 0 Å². The van der Waals surface area contributed by atoms with Gasteiger partial charge in [0, 0.05) is 31.9 Å². The molecule has 5 nitrogen and oxygen atoms in total. The lowest BCUT2D eigenvalue weighted by atomic mass is 10.1. The van der Waals surface area contributed by atoms with Gasteiger partial charge in [-0.3, -0.25) is 0 Å². The molecule has 2 aromatic rings. The number of hydrogen-bond donors (Lipinski definition) is 1. The quantitative estimate of drug-likeness (QED) is 0.693. The van der Waals surface area contributed by atoms with Crippen molar-refractivity contribution in [3.63, 3.8) is 0 Å². The molecule has 1 saturated heterocycles. The Morgan fingerprint density at radius 3 is 2.29 bits per heavy atom. The van der Waals surface area contributed by atoms with Crippen molar-refractivity contribution in [2.24, 2.45) is 0 Å². The van der Waals surface area contributed by atoms with Gasteiger partial charge in [0.05, 0.1) is 24.0 Å². The van der Waals surface area contributed by atoms with Crippen molar-refractivity contribution >= 4 is 23.0 Å². The van der Waals surface area contributed by atoms with Crippen LogP contribution in [0.25, 0.3) is 0 Å². The van der Waals surface area contributed by atoms with Gasteiger partial charge in [0.1, 0.15) is 5.82 Å². The molecule has 2 aromatic carbocycles. The monoisotopic (exact) mass is 329 g/mol. The first-order chi connectivity index (χ1) is 11.6. The number of benzene rings is 2. The molecule has 0 aliphatic carbocycles. The Bertz CT molecular complexity index is 743. The van der Waals surface area contributed by atoms with Crippen LogP contribution >= 0.6 is 0 Å². The number of ether oxygens (including phenoxy) is 1. The van der Waals surface area contributed by atoms with Crippen LogP contribution in [-0.2, 0) is 4.74 Å². The minimum absolute atomic E-state index is 0.214. The molecule has 0 bridgehead atoms. The van der Waals surface area contributed by atoms with E-state index in [1.54, 1.807) is 24.3 Å². The van der Waals surface area contributed by atoms with Crippen LogP contribution in [0.1, 0.15) is 10.4 Å². The molecule has 1 heterocycles. The first-order valence-electron chi connectivity index (χ1n) is 7.82. The SMILES string of the molecule is COC(=O)c1cc(N)ccc1N1CCN(c2ccccc2F)CC1. The standard InChI is InChI=1S/C18H20FN3O2/c1-24-18(23)14-12-13(20)6-7-16(14)21-8-10-22(11-9-21)17-5-3-2-4-15(17)19/h2-7,12H,8-11,20H2,1H3. The number of nitrogens with two attached hydrogens (primary N) is 1. The van der Waals surface area contributed by atoms with Gasteiger partial charge in [-0.1, -0.05) is 12.1 Å². The molecule has 1 aliphatic heterocycles. The number of nitrogen functional groups attached to an aromatic ring is 1. The molecule has 3 rings (SSSR count). The van der Waals surface area contributed by atoms with Gasteiger partial charge >= 0.3 is 5.97 Å². The van der Waals surface area contributed by atoms with Gasteiger partial charge in [0.15, 0.2) is 0 Å². The lowest BCUT2D eigenvalue weighted by molar-refractivity contribution is 0.0601. The number of rotatable bonds is 3. The fraction of sp³-hybridized carbons (Fsp3) is 0.278. The van der Waals surface area contributed by atoms with Crippen LogP contribution in [-0.4, -0.2) is 39.3 Å². The first-order valence-corrected chi connectivity index (χ1v) is 7.82. The molecule has 0 unspecified atom stereocenters. The molecule has 0 spiro atoms. The zero-order valence-corrected chi connectivity index (χ0v) is 13.5. The summed E-state index contributed by atoms with van der Waals surface area (Å²) in [6.07, 6.45) is 0. The molecule has 0 radical (unpaired) electrons. The van der Waals surface area contributed by atoms with Crippen molar-refractivity contribution in [1.82, 2.24) is 0 Å². The van der Waals surface area contributed by atoms with Gasteiger partial charge in [-0.25, -0.2) is 9.18 Å². The van der Waals surface area contributed by atoms with E-state index in [1.807, 2.05) is 17.0 Å². The number of nitrogens with zero attached hydrogens (tertiary/aromatic N) is 2. The summed E-state index contributed by atoms with van der Waals surface area (Å²) < 4.78 is 18.8. The van der Waals surface area contributed by atoms with Gasteiger partial charge in [-0.2, -0.15) is 0 Å². The molecule has 0 aromatic heterocycles. The van der Waals surface area contributed by atoms with Crippen molar-refractivity contribution in [2.45, 2.75) is 0 Å². The Hall–Kier alpha value is -2.76. The Kier molecular flexibility index (Phi) is 4.55. The predicted molar refractivity (Wildman–Crippen MR) is 93.0 cm³/mol. The maximum Gasteiger partial charge on any atom is 0.340 e. The second kappa shape index (κ2) is 6.78. The van der Waals surface area contributed by atoms with Crippen LogP contribution in [0.3, 0.4) is 0 Å². The van der Waals surface area contributed by atoms with E-state index < -0.39 is 5.97 Å². The first kappa shape index (κ1) is 16.1. The van der Waals surface area contributed by atoms with E-state index >= 15 is 0 Å². The summed E-state index contributed by atoms with van der Waals surface area (Å²) in [6, 6.07) is 12.0. The average molecular weight is 329 g/mol. The third kappa shape index (κ3) is 3.13. The van der Waals surface area contributed by atoms with Gasteiger partial charge < -0.3 is 20.3 Å². The second-order valence-electron chi connectivity index (χ2n) is 5.69. The Balaban J connectivity index is 1.78. The largest absolute Gasteiger partial charge is 0.465 e. The number of anilines is 3. The number of piperazine rings is 1. The number of esters is 1. The van der Waals surface area contributed by atoms with Crippen LogP contribution in [0, 0.1) is 5.82 Å². The minimum atomic E-state index is -0.408. The highest BCUT2D eigenvalue weighted by molar-refractivity contribution is 5.97. The summed E-state index contributed by atoms with van der Waals surface area (Å²) in [7, 11) is 1.35. The zero-order valence-electron chi connectivity index (χ0n) is 13.5.